The van der Waals surface area contributed by atoms with Crippen LogP contribution in [0.3, 0.4) is 0 Å². The van der Waals surface area contributed by atoms with Gasteiger partial charge in [0.1, 0.15) is 0 Å². The first-order valence-electron chi connectivity index (χ1n) is 7.12. The molecule has 1 atom stereocenters. The molecule has 0 bridgehead atoms. The van der Waals surface area contributed by atoms with Crippen LogP contribution >= 0.6 is 0 Å². The summed E-state index contributed by atoms with van der Waals surface area (Å²) < 4.78 is 5.64. The molecule has 0 saturated carbocycles. The van der Waals surface area contributed by atoms with Crippen molar-refractivity contribution in [2.45, 2.75) is 13.0 Å². The zero-order valence-corrected chi connectivity index (χ0v) is 12.2. The van der Waals surface area contributed by atoms with Crippen molar-refractivity contribution in [1.82, 2.24) is 10.2 Å². The number of hydrogen-bond donors (Lipinski definition) is 2. The summed E-state index contributed by atoms with van der Waals surface area (Å²) in [6.07, 6.45) is 0.0731. The van der Waals surface area contributed by atoms with E-state index in [0.29, 0.717) is 12.1 Å². The van der Waals surface area contributed by atoms with Gasteiger partial charge in [-0.15, -0.1) is 0 Å². The third-order valence-corrected chi connectivity index (χ3v) is 3.37. The van der Waals surface area contributed by atoms with Gasteiger partial charge in [0.15, 0.2) is 0 Å². The molecule has 0 aliphatic carbocycles. The Bertz CT molecular complexity index is 450. The van der Waals surface area contributed by atoms with Crippen molar-refractivity contribution < 1.29 is 9.53 Å². The van der Waals surface area contributed by atoms with E-state index in [1.165, 1.54) is 0 Å². The minimum absolute atomic E-state index is 0.0571. The first-order valence-corrected chi connectivity index (χ1v) is 7.12. The number of anilines is 1. The Kier molecular flexibility index (Phi) is 5.38. The van der Waals surface area contributed by atoms with Gasteiger partial charge in [-0.25, -0.2) is 0 Å². The number of rotatable bonds is 5. The molecule has 1 amide bonds. The highest BCUT2D eigenvalue weighted by Gasteiger charge is 2.19. The first kappa shape index (κ1) is 14.8. The summed E-state index contributed by atoms with van der Waals surface area (Å²) >= 11 is 0. The van der Waals surface area contributed by atoms with Gasteiger partial charge >= 0.3 is 0 Å². The number of benzene rings is 1. The van der Waals surface area contributed by atoms with Gasteiger partial charge in [-0.2, -0.15) is 0 Å². The standard InChI is InChI=1S/C15H23N3O2/c1-3-16-14-7-5-4-6-13(14)15(19)17-10-12-11-18(2)8-9-20-12/h4-7,12,16H,3,8-11H2,1-2H3,(H,17,19). The molecule has 1 aliphatic rings. The summed E-state index contributed by atoms with van der Waals surface area (Å²) in [6, 6.07) is 7.55. The molecule has 1 aromatic carbocycles. The van der Waals surface area contributed by atoms with E-state index >= 15 is 0 Å². The average Bonchev–Trinajstić information content (AvgIpc) is 2.46. The van der Waals surface area contributed by atoms with Gasteiger partial charge in [-0.05, 0) is 26.1 Å². The predicted molar refractivity (Wildman–Crippen MR) is 80.2 cm³/mol. The van der Waals surface area contributed by atoms with Crippen molar-refractivity contribution in [3.8, 4) is 0 Å². The van der Waals surface area contributed by atoms with Crippen LogP contribution in [-0.4, -0.2) is 56.7 Å². The molecule has 1 heterocycles. The molecule has 0 radical (unpaired) electrons. The number of likely N-dealkylation sites (N-methyl/N-ethyl adjacent to an activating group) is 1. The molecule has 1 saturated heterocycles. The van der Waals surface area contributed by atoms with Gasteiger partial charge in [0.2, 0.25) is 0 Å². The average molecular weight is 277 g/mol. The molecular formula is C15H23N3O2. The molecule has 5 nitrogen and oxygen atoms in total. The van der Waals surface area contributed by atoms with Crippen LogP contribution in [-0.2, 0) is 4.74 Å². The SMILES string of the molecule is CCNc1ccccc1C(=O)NCC1CN(C)CCO1. The molecule has 1 aliphatic heterocycles. The number of morpholine rings is 1. The molecule has 5 heteroatoms. The van der Waals surface area contributed by atoms with E-state index in [1.54, 1.807) is 0 Å². The highest BCUT2D eigenvalue weighted by Crippen LogP contribution is 2.14. The fourth-order valence-electron chi connectivity index (χ4n) is 2.32. The number of para-hydroxylation sites is 1. The summed E-state index contributed by atoms with van der Waals surface area (Å²) in [5.74, 6) is -0.0571. The second-order valence-corrected chi connectivity index (χ2v) is 5.04. The lowest BCUT2D eigenvalue weighted by molar-refractivity contribution is -0.0174. The van der Waals surface area contributed by atoms with E-state index < -0.39 is 0 Å². The van der Waals surface area contributed by atoms with E-state index in [2.05, 4.69) is 22.6 Å². The molecule has 1 fully saturated rings. The van der Waals surface area contributed by atoms with Crippen LogP contribution in [0.2, 0.25) is 0 Å². The van der Waals surface area contributed by atoms with Crippen molar-refractivity contribution in [2.24, 2.45) is 0 Å². The molecule has 2 N–H and O–H groups in total. The number of nitrogens with one attached hydrogen (secondary N) is 2. The Balaban J connectivity index is 1.91. The Morgan fingerprint density at radius 3 is 3.00 bits per heavy atom. The maximum absolute atomic E-state index is 12.2. The van der Waals surface area contributed by atoms with Gasteiger partial charge in [0.25, 0.3) is 5.91 Å². The lowest BCUT2D eigenvalue weighted by Gasteiger charge is -2.30. The Hall–Kier alpha value is -1.59. The lowest BCUT2D eigenvalue weighted by atomic mass is 10.1. The fourth-order valence-corrected chi connectivity index (χ4v) is 2.32. The molecular weight excluding hydrogens is 254 g/mol. The largest absolute Gasteiger partial charge is 0.385 e. The molecule has 2 rings (SSSR count). The fraction of sp³-hybridized carbons (Fsp3) is 0.533. The minimum Gasteiger partial charge on any atom is -0.385 e. The maximum Gasteiger partial charge on any atom is 0.253 e. The van der Waals surface area contributed by atoms with Gasteiger partial charge in [0.05, 0.1) is 18.3 Å². The van der Waals surface area contributed by atoms with Crippen molar-refractivity contribution >= 4 is 11.6 Å². The van der Waals surface area contributed by atoms with Gasteiger partial charge in [0, 0.05) is 31.9 Å². The van der Waals surface area contributed by atoms with Gasteiger partial charge in [-0.1, -0.05) is 12.1 Å². The predicted octanol–water partition coefficient (Wildman–Crippen LogP) is 1.18. The highest BCUT2D eigenvalue weighted by molar-refractivity contribution is 5.99. The summed E-state index contributed by atoms with van der Waals surface area (Å²) in [7, 11) is 2.07. The Morgan fingerprint density at radius 1 is 1.45 bits per heavy atom. The molecule has 1 unspecified atom stereocenters. The van der Waals surface area contributed by atoms with Crippen molar-refractivity contribution in [3.63, 3.8) is 0 Å². The normalized spacial score (nSPS) is 19.6. The third-order valence-electron chi connectivity index (χ3n) is 3.37. The van der Waals surface area contributed by atoms with Gasteiger partial charge < -0.3 is 20.3 Å². The van der Waals surface area contributed by atoms with Crippen LogP contribution in [0, 0.1) is 0 Å². The summed E-state index contributed by atoms with van der Waals surface area (Å²) in [5.41, 5.74) is 1.55. The quantitative estimate of drug-likeness (QED) is 0.848. The lowest BCUT2D eigenvalue weighted by Crippen LogP contribution is -2.46. The van der Waals surface area contributed by atoms with Gasteiger partial charge in [-0.3, -0.25) is 4.79 Å². The van der Waals surface area contributed by atoms with Crippen molar-refractivity contribution in [2.75, 3.05) is 45.2 Å². The van der Waals surface area contributed by atoms with Crippen molar-refractivity contribution in [1.29, 1.82) is 0 Å². The molecule has 20 heavy (non-hydrogen) atoms. The van der Waals surface area contributed by atoms with Crippen LogP contribution in [0.5, 0.6) is 0 Å². The Labute approximate surface area is 120 Å². The van der Waals surface area contributed by atoms with E-state index in [4.69, 9.17) is 4.74 Å². The van der Waals surface area contributed by atoms with Crippen LogP contribution in [0.4, 0.5) is 5.69 Å². The molecule has 0 spiro atoms. The van der Waals surface area contributed by atoms with E-state index in [0.717, 1.165) is 31.9 Å². The minimum atomic E-state index is -0.0571. The van der Waals surface area contributed by atoms with Crippen LogP contribution in [0.1, 0.15) is 17.3 Å². The summed E-state index contributed by atoms with van der Waals surface area (Å²) in [4.78, 5) is 14.5. The molecule has 0 aromatic heterocycles. The van der Waals surface area contributed by atoms with E-state index in [9.17, 15) is 4.79 Å². The number of ether oxygens (including phenoxy) is 1. The summed E-state index contributed by atoms with van der Waals surface area (Å²) in [5, 5.41) is 6.16. The first-order chi connectivity index (χ1) is 9.70. The second-order valence-electron chi connectivity index (χ2n) is 5.04. The molecule has 1 aromatic rings. The zero-order valence-electron chi connectivity index (χ0n) is 12.2. The maximum atomic E-state index is 12.2. The zero-order chi connectivity index (χ0) is 14.4. The van der Waals surface area contributed by atoms with E-state index in [-0.39, 0.29) is 12.0 Å². The highest BCUT2D eigenvalue weighted by atomic mass is 16.5. The molecule has 110 valence electrons. The van der Waals surface area contributed by atoms with Crippen LogP contribution < -0.4 is 10.6 Å². The number of hydrogen-bond acceptors (Lipinski definition) is 4. The smallest absolute Gasteiger partial charge is 0.253 e. The summed E-state index contributed by atoms with van der Waals surface area (Å²) in [6.45, 7) is 5.89. The monoisotopic (exact) mass is 277 g/mol. The second kappa shape index (κ2) is 7.26. The number of carbonyl (C=O) groups excluding carboxylic acids is 1. The van der Waals surface area contributed by atoms with E-state index in [1.807, 2.05) is 31.2 Å². The third kappa shape index (κ3) is 3.95. The number of carbonyl (C=O) groups is 1. The van der Waals surface area contributed by atoms with Crippen molar-refractivity contribution in [3.05, 3.63) is 29.8 Å². The van der Waals surface area contributed by atoms with Crippen LogP contribution in [0.15, 0.2) is 24.3 Å². The number of nitrogens with zero attached hydrogens (tertiary/aromatic N) is 1. The number of amides is 1. The topological polar surface area (TPSA) is 53.6 Å². The Morgan fingerprint density at radius 2 is 2.25 bits per heavy atom. The van der Waals surface area contributed by atoms with Crippen LogP contribution in [0.25, 0.3) is 0 Å².